The lowest BCUT2D eigenvalue weighted by atomic mass is 9.78. The Morgan fingerprint density at radius 3 is 2.46 bits per heavy atom. The van der Waals surface area contributed by atoms with Crippen LogP contribution in [0, 0.1) is 5.41 Å². The van der Waals surface area contributed by atoms with Gasteiger partial charge in [0.15, 0.2) is 0 Å². The number of carbonyl (C=O) groups is 2. The summed E-state index contributed by atoms with van der Waals surface area (Å²) in [5.74, 6) is 0.451. The molecule has 0 saturated carbocycles. The van der Waals surface area contributed by atoms with Crippen LogP contribution in [0.1, 0.15) is 51.4 Å². The topological polar surface area (TPSA) is 53.1 Å². The van der Waals surface area contributed by atoms with Crippen molar-refractivity contribution < 1.29 is 14.3 Å². The number of carbonyl (C=O) groups excluding carboxylic acids is 2. The van der Waals surface area contributed by atoms with Crippen molar-refractivity contribution in [1.82, 2.24) is 14.7 Å². The highest BCUT2D eigenvalue weighted by Gasteiger charge is 2.49. The zero-order chi connectivity index (χ0) is 18.4. The van der Waals surface area contributed by atoms with E-state index >= 15 is 0 Å². The highest BCUT2D eigenvalue weighted by atomic mass is 16.5. The van der Waals surface area contributed by atoms with Crippen molar-refractivity contribution in [1.29, 1.82) is 0 Å². The number of amides is 2. The number of likely N-dealkylation sites (tertiary alicyclic amines) is 3. The Kier molecular flexibility index (Phi) is 6.92. The van der Waals surface area contributed by atoms with E-state index in [1.54, 1.807) is 7.11 Å². The van der Waals surface area contributed by atoms with E-state index in [4.69, 9.17) is 4.74 Å². The number of rotatable bonds is 5. The Hall–Kier alpha value is -1.14. The SMILES string of the molecule is COCCN1CCC[C@]2(CCN(C(=O)CN3CCCCCCC3)C2)C1=O. The van der Waals surface area contributed by atoms with Crippen LogP contribution in [0.3, 0.4) is 0 Å². The number of hydrogen-bond acceptors (Lipinski definition) is 4. The lowest BCUT2D eigenvalue weighted by Gasteiger charge is -2.39. The molecule has 3 heterocycles. The predicted molar refractivity (Wildman–Crippen MR) is 101 cm³/mol. The van der Waals surface area contributed by atoms with Crippen LogP contribution in [0.15, 0.2) is 0 Å². The predicted octanol–water partition coefficient (Wildman–Crippen LogP) is 1.74. The second-order valence-corrected chi connectivity index (χ2v) is 8.28. The fraction of sp³-hybridized carbons (Fsp3) is 0.900. The monoisotopic (exact) mass is 365 g/mol. The first-order chi connectivity index (χ1) is 12.6. The van der Waals surface area contributed by atoms with E-state index in [-0.39, 0.29) is 17.2 Å². The summed E-state index contributed by atoms with van der Waals surface area (Å²) >= 11 is 0. The highest BCUT2D eigenvalue weighted by molar-refractivity contribution is 5.86. The van der Waals surface area contributed by atoms with Gasteiger partial charge in [-0.1, -0.05) is 19.3 Å². The zero-order valence-corrected chi connectivity index (χ0v) is 16.4. The Balaban J connectivity index is 1.54. The molecule has 3 saturated heterocycles. The molecule has 0 aromatic rings. The van der Waals surface area contributed by atoms with Gasteiger partial charge in [-0.2, -0.15) is 0 Å². The molecule has 3 aliphatic heterocycles. The Morgan fingerprint density at radius 2 is 1.73 bits per heavy atom. The molecule has 0 unspecified atom stereocenters. The molecule has 1 atom stereocenters. The second kappa shape index (κ2) is 9.18. The molecule has 0 radical (unpaired) electrons. The van der Waals surface area contributed by atoms with Crippen LogP contribution < -0.4 is 0 Å². The maximum absolute atomic E-state index is 13.0. The van der Waals surface area contributed by atoms with Crippen molar-refractivity contribution in [3.8, 4) is 0 Å². The van der Waals surface area contributed by atoms with E-state index in [0.29, 0.717) is 26.2 Å². The van der Waals surface area contributed by atoms with E-state index in [9.17, 15) is 9.59 Å². The average Bonchev–Trinajstić information content (AvgIpc) is 3.04. The second-order valence-electron chi connectivity index (χ2n) is 8.28. The molecule has 1 spiro atoms. The fourth-order valence-corrected chi connectivity index (χ4v) is 4.79. The molecule has 0 aromatic carbocycles. The smallest absolute Gasteiger partial charge is 0.236 e. The molecular weight excluding hydrogens is 330 g/mol. The number of ether oxygens (including phenoxy) is 1. The lowest BCUT2D eigenvalue weighted by molar-refractivity contribution is -0.146. The maximum atomic E-state index is 13.0. The van der Waals surface area contributed by atoms with Gasteiger partial charge in [0.25, 0.3) is 0 Å². The average molecular weight is 366 g/mol. The number of hydrogen-bond donors (Lipinski definition) is 0. The molecule has 2 amide bonds. The molecule has 148 valence electrons. The largest absolute Gasteiger partial charge is 0.383 e. The lowest BCUT2D eigenvalue weighted by Crippen LogP contribution is -2.51. The molecule has 3 fully saturated rings. The first kappa shape index (κ1) is 19.6. The van der Waals surface area contributed by atoms with Gasteiger partial charge in [0, 0.05) is 33.3 Å². The van der Waals surface area contributed by atoms with Crippen LogP contribution in [0.2, 0.25) is 0 Å². The molecule has 3 aliphatic rings. The minimum Gasteiger partial charge on any atom is -0.383 e. The molecular formula is C20H35N3O3. The standard InChI is InChI=1S/C20H35N3O3/c1-26-15-14-22-12-7-8-20(19(22)25)9-13-23(17-20)18(24)16-21-10-5-3-2-4-6-11-21/h2-17H2,1H3/t20-/m1/s1. The van der Waals surface area contributed by atoms with Crippen LogP contribution in [0.25, 0.3) is 0 Å². The normalized spacial score (nSPS) is 28.4. The van der Waals surface area contributed by atoms with Gasteiger partial charge in [0.1, 0.15) is 0 Å². The van der Waals surface area contributed by atoms with Crippen LogP contribution in [0.5, 0.6) is 0 Å². The van der Waals surface area contributed by atoms with Crippen molar-refractivity contribution in [2.45, 2.75) is 51.4 Å². The summed E-state index contributed by atoms with van der Waals surface area (Å²) in [4.78, 5) is 32.1. The summed E-state index contributed by atoms with van der Waals surface area (Å²) in [5, 5.41) is 0. The van der Waals surface area contributed by atoms with E-state index in [0.717, 1.165) is 45.4 Å². The van der Waals surface area contributed by atoms with Gasteiger partial charge in [-0.05, 0) is 45.2 Å². The fourth-order valence-electron chi connectivity index (χ4n) is 4.79. The molecule has 6 nitrogen and oxygen atoms in total. The number of nitrogens with zero attached hydrogens (tertiary/aromatic N) is 3. The molecule has 0 bridgehead atoms. The number of methoxy groups -OCH3 is 1. The maximum Gasteiger partial charge on any atom is 0.236 e. The molecule has 3 rings (SSSR count). The molecule has 26 heavy (non-hydrogen) atoms. The summed E-state index contributed by atoms with van der Waals surface area (Å²) in [6.45, 7) is 6.02. The Bertz CT molecular complexity index is 491. The van der Waals surface area contributed by atoms with Gasteiger partial charge >= 0.3 is 0 Å². The third kappa shape index (κ3) is 4.58. The van der Waals surface area contributed by atoms with Crippen LogP contribution in [-0.4, -0.2) is 86.0 Å². The summed E-state index contributed by atoms with van der Waals surface area (Å²) in [6.07, 6.45) is 9.06. The quantitative estimate of drug-likeness (QED) is 0.745. The Morgan fingerprint density at radius 1 is 1.00 bits per heavy atom. The van der Waals surface area contributed by atoms with E-state index in [1.165, 1.54) is 32.1 Å². The van der Waals surface area contributed by atoms with Gasteiger partial charge < -0.3 is 14.5 Å². The summed E-state index contributed by atoms with van der Waals surface area (Å²) in [7, 11) is 1.67. The minimum atomic E-state index is -0.335. The van der Waals surface area contributed by atoms with Gasteiger partial charge in [0.2, 0.25) is 11.8 Å². The van der Waals surface area contributed by atoms with Crippen LogP contribution in [0.4, 0.5) is 0 Å². The molecule has 6 heteroatoms. The van der Waals surface area contributed by atoms with Crippen LogP contribution >= 0.6 is 0 Å². The molecule has 0 aliphatic carbocycles. The minimum absolute atomic E-state index is 0.212. The van der Waals surface area contributed by atoms with Crippen molar-refractivity contribution in [3.05, 3.63) is 0 Å². The van der Waals surface area contributed by atoms with Crippen LogP contribution in [-0.2, 0) is 14.3 Å². The van der Waals surface area contributed by atoms with Gasteiger partial charge in [-0.3, -0.25) is 14.5 Å². The van der Waals surface area contributed by atoms with Gasteiger partial charge in [-0.15, -0.1) is 0 Å². The van der Waals surface area contributed by atoms with E-state index in [1.807, 2.05) is 9.80 Å². The van der Waals surface area contributed by atoms with Gasteiger partial charge in [0.05, 0.1) is 18.6 Å². The number of piperidine rings is 1. The highest BCUT2D eigenvalue weighted by Crippen LogP contribution is 2.40. The Labute approximate surface area is 157 Å². The summed E-state index contributed by atoms with van der Waals surface area (Å²) < 4.78 is 5.14. The van der Waals surface area contributed by atoms with Crippen molar-refractivity contribution in [2.75, 3.05) is 59.5 Å². The zero-order valence-electron chi connectivity index (χ0n) is 16.4. The van der Waals surface area contributed by atoms with E-state index in [2.05, 4.69) is 4.90 Å². The van der Waals surface area contributed by atoms with Crippen molar-refractivity contribution in [2.24, 2.45) is 5.41 Å². The van der Waals surface area contributed by atoms with Crippen molar-refractivity contribution >= 4 is 11.8 Å². The summed E-state index contributed by atoms with van der Waals surface area (Å²) in [6, 6.07) is 0. The molecule has 0 N–H and O–H groups in total. The van der Waals surface area contributed by atoms with Gasteiger partial charge in [-0.25, -0.2) is 0 Å². The third-order valence-corrected chi connectivity index (χ3v) is 6.40. The third-order valence-electron chi connectivity index (χ3n) is 6.40. The van der Waals surface area contributed by atoms with Crippen molar-refractivity contribution in [3.63, 3.8) is 0 Å². The summed E-state index contributed by atoms with van der Waals surface area (Å²) in [5.41, 5.74) is -0.335. The first-order valence-electron chi connectivity index (χ1n) is 10.4. The van der Waals surface area contributed by atoms with E-state index < -0.39 is 0 Å². The first-order valence-corrected chi connectivity index (χ1v) is 10.4. The molecule has 0 aromatic heterocycles.